The molecule has 1 saturated heterocycles. The highest BCUT2D eigenvalue weighted by Crippen LogP contribution is 2.27. The number of hydroxylamine groups is 1. The van der Waals surface area contributed by atoms with Crippen molar-refractivity contribution in [2.24, 2.45) is 0 Å². The van der Waals surface area contributed by atoms with E-state index in [2.05, 4.69) is 24.1 Å². The molecular formula is C24H26N2O3. The average Bonchev–Trinajstić information content (AvgIpc) is 2.77. The van der Waals surface area contributed by atoms with Gasteiger partial charge in [-0.05, 0) is 67.7 Å². The molecule has 0 aromatic heterocycles. The smallest absolute Gasteiger partial charge is 0.267 e. The van der Waals surface area contributed by atoms with Crippen LogP contribution in [-0.2, 0) is 4.79 Å². The SMILES string of the molecule is CN1CCC(c2ccc(C(=O)C=Cc3ccc(C=CC(=O)NO)cc3)cc2)CC1. The number of hydrogen-bond donors (Lipinski definition) is 2. The third kappa shape index (κ3) is 5.98. The van der Waals surface area contributed by atoms with Crippen LogP contribution in [0.3, 0.4) is 0 Å². The highest BCUT2D eigenvalue weighted by Gasteiger charge is 2.18. The lowest BCUT2D eigenvalue weighted by atomic mass is 9.89. The van der Waals surface area contributed by atoms with Gasteiger partial charge >= 0.3 is 0 Å². The molecule has 5 heteroatoms. The van der Waals surface area contributed by atoms with E-state index in [1.807, 2.05) is 36.4 Å². The Hall–Kier alpha value is -3.02. The fourth-order valence-corrected chi connectivity index (χ4v) is 3.46. The summed E-state index contributed by atoms with van der Waals surface area (Å²) in [5.74, 6) is -0.0214. The van der Waals surface area contributed by atoms with E-state index in [4.69, 9.17) is 5.21 Å². The first-order chi connectivity index (χ1) is 14.0. The number of likely N-dealkylation sites (tertiary alicyclic amines) is 1. The molecule has 0 aliphatic carbocycles. The van der Waals surface area contributed by atoms with Gasteiger partial charge in [-0.15, -0.1) is 0 Å². The van der Waals surface area contributed by atoms with Gasteiger partial charge in [0.05, 0.1) is 0 Å². The molecule has 1 amide bonds. The van der Waals surface area contributed by atoms with Gasteiger partial charge < -0.3 is 4.90 Å². The van der Waals surface area contributed by atoms with E-state index in [9.17, 15) is 9.59 Å². The molecule has 2 aromatic rings. The summed E-state index contributed by atoms with van der Waals surface area (Å²) < 4.78 is 0. The molecule has 0 saturated carbocycles. The number of hydrogen-bond acceptors (Lipinski definition) is 4. The summed E-state index contributed by atoms with van der Waals surface area (Å²) in [4.78, 5) is 25.8. The number of allylic oxidation sites excluding steroid dienone is 1. The highest BCUT2D eigenvalue weighted by molar-refractivity contribution is 6.06. The van der Waals surface area contributed by atoms with Crippen LogP contribution in [0, 0.1) is 0 Å². The minimum atomic E-state index is -0.582. The largest absolute Gasteiger partial charge is 0.306 e. The number of piperidine rings is 1. The Kier molecular flexibility index (Phi) is 7.11. The number of rotatable bonds is 6. The van der Waals surface area contributed by atoms with Crippen LogP contribution < -0.4 is 5.48 Å². The minimum absolute atomic E-state index is 0.0245. The molecule has 0 radical (unpaired) electrons. The van der Waals surface area contributed by atoms with Crippen LogP contribution in [0.15, 0.2) is 60.7 Å². The Labute approximate surface area is 171 Å². The van der Waals surface area contributed by atoms with Crippen LogP contribution in [0.1, 0.15) is 45.8 Å². The summed E-state index contributed by atoms with van der Waals surface area (Å²) in [5.41, 5.74) is 5.26. The fourth-order valence-electron chi connectivity index (χ4n) is 3.46. The Morgan fingerprint density at radius 3 is 2.03 bits per heavy atom. The zero-order valence-electron chi connectivity index (χ0n) is 16.5. The zero-order valence-corrected chi connectivity index (χ0v) is 16.5. The van der Waals surface area contributed by atoms with Gasteiger partial charge in [0.1, 0.15) is 0 Å². The van der Waals surface area contributed by atoms with Crippen LogP contribution in [0.25, 0.3) is 12.2 Å². The molecule has 1 heterocycles. The van der Waals surface area contributed by atoms with E-state index < -0.39 is 5.91 Å². The first kappa shape index (κ1) is 20.7. The quantitative estimate of drug-likeness (QED) is 0.340. The van der Waals surface area contributed by atoms with E-state index in [0.717, 1.165) is 24.2 Å². The zero-order chi connectivity index (χ0) is 20.6. The van der Waals surface area contributed by atoms with E-state index in [1.165, 1.54) is 24.5 Å². The number of benzene rings is 2. The second-order valence-corrected chi connectivity index (χ2v) is 7.37. The second kappa shape index (κ2) is 9.96. The normalized spacial score (nSPS) is 15.8. The molecule has 0 atom stereocenters. The van der Waals surface area contributed by atoms with Gasteiger partial charge in [-0.1, -0.05) is 54.6 Å². The predicted molar refractivity (Wildman–Crippen MR) is 115 cm³/mol. The predicted octanol–water partition coefficient (Wildman–Crippen LogP) is 3.91. The van der Waals surface area contributed by atoms with Crippen LogP contribution in [0.4, 0.5) is 0 Å². The average molecular weight is 390 g/mol. The molecule has 5 nitrogen and oxygen atoms in total. The van der Waals surface area contributed by atoms with Crippen LogP contribution in [0.2, 0.25) is 0 Å². The Morgan fingerprint density at radius 2 is 1.48 bits per heavy atom. The van der Waals surface area contributed by atoms with Crippen LogP contribution in [0.5, 0.6) is 0 Å². The molecule has 150 valence electrons. The van der Waals surface area contributed by atoms with E-state index in [0.29, 0.717) is 11.5 Å². The van der Waals surface area contributed by atoms with Gasteiger partial charge in [-0.2, -0.15) is 0 Å². The lowest BCUT2D eigenvalue weighted by Gasteiger charge is -2.29. The van der Waals surface area contributed by atoms with Crippen molar-refractivity contribution in [3.05, 3.63) is 82.9 Å². The second-order valence-electron chi connectivity index (χ2n) is 7.37. The van der Waals surface area contributed by atoms with Crippen molar-refractivity contribution in [2.75, 3.05) is 20.1 Å². The summed E-state index contributed by atoms with van der Waals surface area (Å²) in [6.07, 6.45) is 8.52. The fraction of sp³-hybridized carbons (Fsp3) is 0.250. The molecule has 29 heavy (non-hydrogen) atoms. The maximum absolute atomic E-state index is 12.5. The number of carbonyl (C=O) groups excluding carboxylic acids is 2. The van der Waals surface area contributed by atoms with Crippen LogP contribution >= 0.6 is 0 Å². The van der Waals surface area contributed by atoms with Crippen molar-refractivity contribution in [1.82, 2.24) is 10.4 Å². The van der Waals surface area contributed by atoms with Gasteiger partial charge in [-0.3, -0.25) is 14.8 Å². The standard InChI is InChI=1S/C24H26N2O3/c1-26-16-14-21(15-17-26)20-8-10-22(11-9-20)23(27)12-6-18-2-4-19(5-3-18)7-13-24(28)25-29/h2-13,21,29H,14-17H2,1H3,(H,25,28). The number of nitrogens with one attached hydrogen (secondary N) is 1. The summed E-state index contributed by atoms with van der Waals surface area (Å²) in [6, 6.07) is 15.4. The molecule has 0 bridgehead atoms. The van der Waals surface area contributed by atoms with E-state index >= 15 is 0 Å². The molecule has 1 aliphatic rings. The third-order valence-electron chi connectivity index (χ3n) is 5.29. The van der Waals surface area contributed by atoms with Crippen molar-refractivity contribution in [3.8, 4) is 0 Å². The van der Waals surface area contributed by atoms with Crippen molar-refractivity contribution >= 4 is 23.8 Å². The lowest BCUT2D eigenvalue weighted by molar-refractivity contribution is -0.124. The topological polar surface area (TPSA) is 69.6 Å². The number of ketones is 1. The molecule has 0 unspecified atom stereocenters. The highest BCUT2D eigenvalue weighted by atomic mass is 16.5. The van der Waals surface area contributed by atoms with Crippen LogP contribution in [-0.4, -0.2) is 41.9 Å². The minimum Gasteiger partial charge on any atom is -0.306 e. The van der Waals surface area contributed by atoms with E-state index in [1.54, 1.807) is 23.7 Å². The first-order valence-electron chi connectivity index (χ1n) is 9.78. The Morgan fingerprint density at radius 1 is 0.931 bits per heavy atom. The summed E-state index contributed by atoms with van der Waals surface area (Å²) in [6.45, 7) is 2.24. The molecule has 2 aromatic carbocycles. The number of nitrogens with zero attached hydrogens (tertiary/aromatic N) is 1. The molecule has 3 rings (SSSR count). The Balaban J connectivity index is 1.58. The maximum atomic E-state index is 12.5. The Bertz CT molecular complexity index is 891. The van der Waals surface area contributed by atoms with Gasteiger partial charge in [0.2, 0.25) is 0 Å². The number of carbonyl (C=O) groups is 2. The van der Waals surface area contributed by atoms with Gasteiger partial charge in [0.15, 0.2) is 5.78 Å². The monoisotopic (exact) mass is 390 g/mol. The van der Waals surface area contributed by atoms with Gasteiger partial charge in [-0.25, -0.2) is 5.48 Å². The first-order valence-corrected chi connectivity index (χ1v) is 9.78. The summed E-state index contributed by atoms with van der Waals surface area (Å²) >= 11 is 0. The van der Waals surface area contributed by atoms with Crippen molar-refractivity contribution < 1.29 is 14.8 Å². The molecular weight excluding hydrogens is 364 g/mol. The van der Waals surface area contributed by atoms with Crippen molar-refractivity contribution in [3.63, 3.8) is 0 Å². The lowest BCUT2D eigenvalue weighted by Crippen LogP contribution is -2.29. The number of amides is 1. The summed E-state index contributed by atoms with van der Waals surface area (Å²) in [5, 5.41) is 8.47. The molecule has 1 aliphatic heterocycles. The molecule has 2 N–H and O–H groups in total. The molecule has 0 spiro atoms. The van der Waals surface area contributed by atoms with E-state index in [-0.39, 0.29) is 5.78 Å². The van der Waals surface area contributed by atoms with Crippen molar-refractivity contribution in [2.45, 2.75) is 18.8 Å². The molecule has 1 fully saturated rings. The summed E-state index contributed by atoms with van der Waals surface area (Å²) in [7, 11) is 2.16. The van der Waals surface area contributed by atoms with Gasteiger partial charge in [0, 0.05) is 11.6 Å². The van der Waals surface area contributed by atoms with Crippen molar-refractivity contribution in [1.29, 1.82) is 0 Å². The maximum Gasteiger partial charge on any atom is 0.267 e. The third-order valence-corrected chi connectivity index (χ3v) is 5.29. The van der Waals surface area contributed by atoms with Gasteiger partial charge in [0.25, 0.3) is 5.91 Å².